The summed E-state index contributed by atoms with van der Waals surface area (Å²) < 4.78 is 15.2. The summed E-state index contributed by atoms with van der Waals surface area (Å²) >= 11 is 0. The number of benzene rings is 1. The fourth-order valence-corrected chi connectivity index (χ4v) is 0.996. The van der Waals surface area contributed by atoms with E-state index in [9.17, 15) is 0 Å². The molecule has 0 aliphatic carbocycles. The van der Waals surface area contributed by atoms with Gasteiger partial charge in [-0.2, -0.15) is 0 Å². The normalized spacial score (nSPS) is 16.9. The van der Waals surface area contributed by atoms with Crippen molar-refractivity contribution in [2.75, 3.05) is 6.54 Å². The standard InChI is InChI=1S/C11H16N4/c1-9(12)15-11(13)14-8-7-10-5-3-2-4-6-10/h2-6H,7-8H2,1H3,(H4,12,13,14,15)/i2D,7D. The maximum absolute atomic E-state index is 7.86. The van der Waals surface area contributed by atoms with Gasteiger partial charge in [-0.25, -0.2) is 4.99 Å². The van der Waals surface area contributed by atoms with Gasteiger partial charge in [-0.3, -0.25) is 4.99 Å². The number of nitrogens with two attached hydrogens (primary N) is 2. The fourth-order valence-electron chi connectivity index (χ4n) is 0.996. The molecule has 1 aromatic carbocycles. The van der Waals surface area contributed by atoms with Crippen molar-refractivity contribution < 1.29 is 2.74 Å². The second-order valence-corrected chi connectivity index (χ2v) is 2.99. The number of nitrogens with zero attached hydrogens (tertiary/aromatic N) is 2. The van der Waals surface area contributed by atoms with Crippen LogP contribution < -0.4 is 11.5 Å². The Balaban J connectivity index is 2.64. The zero-order chi connectivity index (χ0) is 12.8. The molecule has 4 nitrogen and oxygen atoms in total. The smallest absolute Gasteiger partial charge is 0.216 e. The highest BCUT2D eigenvalue weighted by Crippen LogP contribution is 1.99. The number of rotatable bonds is 3. The molecular formula is C11H16N4. The van der Waals surface area contributed by atoms with Crippen LogP contribution in [0.3, 0.4) is 0 Å². The van der Waals surface area contributed by atoms with Gasteiger partial charge in [0, 0.05) is 7.92 Å². The second kappa shape index (κ2) is 5.80. The Bertz CT molecular complexity index is 422. The number of aliphatic imine (C=N–C) groups is 2. The van der Waals surface area contributed by atoms with E-state index in [1.54, 1.807) is 31.2 Å². The summed E-state index contributed by atoms with van der Waals surface area (Å²) in [5, 5.41) is 0. The SMILES string of the molecule is [2H]c1ccc(C([2H])CN=C(N)N=C(C)N)cc1. The van der Waals surface area contributed by atoms with Gasteiger partial charge in [0.15, 0.2) is 0 Å². The second-order valence-electron chi connectivity index (χ2n) is 2.99. The van der Waals surface area contributed by atoms with Gasteiger partial charge in [-0.1, -0.05) is 30.3 Å². The predicted molar refractivity (Wildman–Crippen MR) is 63.9 cm³/mol. The lowest BCUT2D eigenvalue weighted by Crippen LogP contribution is -2.16. The molecule has 0 aliphatic heterocycles. The topological polar surface area (TPSA) is 76.8 Å². The van der Waals surface area contributed by atoms with E-state index < -0.39 is 6.40 Å². The molecule has 4 N–H and O–H groups in total. The Kier molecular flexibility index (Phi) is 3.27. The van der Waals surface area contributed by atoms with Crippen LogP contribution in [0, 0.1) is 0 Å². The average molecular weight is 206 g/mol. The number of guanidine groups is 1. The van der Waals surface area contributed by atoms with E-state index in [1.165, 1.54) is 0 Å². The van der Waals surface area contributed by atoms with Crippen molar-refractivity contribution in [3.63, 3.8) is 0 Å². The zero-order valence-corrected chi connectivity index (χ0v) is 8.64. The molecule has 0 amide bonds. The Hall–Kier alpha value is -1.84. The summed E-state index contributed by atoms with van der Waals surface area (Å²) in [5.74, 6) is 0.422. The first-order valence-electron chi connectivity index (χ1n) is 5.66. The molecule has 0 aliphatic rings. The summed E-state index contributed by atoms with van der Waals surface area (Å²) in [4.78, 5) is 7.72. The van der Waals surface area contributed by atoms with E-state index >= 15 is 0 Å². The van der Waals surface area contributed by atoms with Crippen molar-refractivity contribution >= 4 is 11.8 Å². The highest BCUT2D eigenvalue weighted by atomic mass is 15.1. The van der Waals surface area contributed by atoms with Gasteiger partial charge in [0.25, 0.3) is 0 Å². The molecule has 1 unspecified atom stereocenters. The molecule has 0 radical (unpaired) electrons. The minimum absolute atomic E-state index is 0.0827. The molecule has 0 heterocycles. The van der Waals surface area contributed by atoms with Gasteiger partial charge < -0.3 is 11.5 Å². The first-order valence-corrected chi connectivity index (χ1v) is 4.58. The predicted octanol–water partition coefficient (Wildman–Crippen LogP) is 0.921. The monoisotopic (exact) mass is 206 g/mol. The van der Waals surface area contributed by atoms with Gasteiger partial charge >= 0.3 is 0 Å². The minimum Gasteiger partial charge on any atom is -0.387 e. The van der Waals surface area contributed by atoms with Crippen molar-refractivity contribution in [1.29, 1.82) is 0 Å². The van der Waals surface area contributed by atoms with E-state index in [0.717, 1.165) is 5.56 Å². The summed E-state index contributed by atoms with van der Waals surface area (Å²) in [6.45, 7) is 1.84. The van der Waals surface area contributed by atoms with Crippen LogP contribution in [0.25, 0.3) is 0 Å². The molecule has 15 heavy (non-hydrogen) atoms. The Morgan fingerprint density at radius 3 is 2.73 bits per heavy atom. The van der Waals surface area contributed by atoms with Crippen LogP contribution in [0.15, 0.2) is 40.3 Å². The molecule has 0 aromatic heterocycles. The number of amidine groups is 1. The maximum Gasteiger partial charge on any atom is 0.216 e. The summed E-state index contributed by atoms with van der Waals surface area (Å²) in [5.41, 5.74) is 11.6. The van der Waals surface area contributed by atoms with E-state index in [4.69, 9.17) is 14.2 Å². The Morgan fingerprint density at radius 2 is 2.13 bits per heavy atom. The maximum atomic E-state index is 7.86. The Morgan fingerprint density at radius 1 is 1.47 bits per heavy atom. The molecule has 4 heteroatoms. The third kappa shape index (κ3) is 4.81. The van der Waals surface area contributed by atoms with E-state index in [-0.39, 0.29) is 12.5 Å². The lowest BCUT2D eigenvalue weighted by Gasteiger charge is -1.97. The highest BCUT2D eigenvalue weighted by molar-refractivity contribution is 5.93. The molecule has 1 rings (SSSR count). The number of hydrogen-bond donors (Lipinski definition) is 2. The van der Waals surface area contributed by atoms with Crippen LogP contribution in [0.4, 0.5) is 0 Å². The number of hydrogen-bond acceptors (Lipinski definition) is 1. The molecule has 0 spiro atoms. The van der Waals surface area contributed by atoms with Crippen LogP contribution in [-0.2, 0) is 6.40 Å². The van der Waals surface area contributed by atoms with E-state index in [1.807, 2.05) is 0 Å². The van der Waals surface area contributed by atoms with Crippen molar-refractivity contribution in [3.05, 3.63) is 35.9 Å². The molecule has 0 saturated carbocycles. The lowest BCUT2D eigenvalue weighted by molar-refractivity contribution is 0.962. The third-order valence-electron chi connectivity index (χ3n) is 1.62. The minimum atomic E-state index is -0.512. The van der Waals surface area contributed by atoms with Gasteiger partial charge in [0.05, 0.1) is 7.21 Å². The van der Waals surface area contributed by atoms with Gasteiger partial charge in [-0.05, 0) is 18.9 Å². The largest absolute Gasteiger partial charge is 0.387 e. The average Bonchev–Trinajstić information content (AvgIpc) is 2.26. The zero-order valence-electron chi connectivity index (χ0n) is 10.6. The Labute approximate surface area is 92.5 Å². The van der Waals surface area contributed by atoms with Gasteiger partial charge in [0.2, 0.25) is 5.96 Å². The van der Waals surface area contributed by atoms with Crippen molar-refractivity contribution in [2.45, 2.75) is 13.3 Å². The van der Waals surface area contributed by atoms with Crippen molar-refractivity contribution in [1.82, 2.24) is 0 Å². The highest BCUT2D eigenvalue weighted by Gasteiger charge is 1.91. The van der Waals surface area contributed by atoms with Gasteiger partial charge in [-0.15, -0.1) is 0 Å². The quantitative estimate of drug-likeness (QED) is 0.570. The molecular weight excluding hydrogens is 188 g/mol. The lowest BCUT2D eigenvalue weighted by atomic mass is 10.2. The first-order chi connectivity index (χ1) is 7.99. The fraction of sp³-hybridized carbons (Fsp3) is 0.273. The van der Waals surface area contributed by atoms with Crippen molar-refractivity contribution in [2.24, 2.45) is 21.5 Å². The van der Waals surface area contributed by atoms with Crippen LogP contribution >= 0.6 is 0 Å². The summed E-state index contributed by atoms with van der Waals surface area (Å²) in [7, 11) is 0. The summed E-state index contributed by atoms with van der Waals surface area (Å²) in [6.07, 6.45) is -0.512. The van der Waals surface area contributed by atoms with Crippen LogP contribution in [0.1, 0.15) is 15.2 Å². The molecule has 80 valence electrons. The first kappa shape index (κ1) is 8.47. The van der Waals surface area contributed by atoms with Crippen LogP contribution in [-0.4, -0.2) is 18.3 Å². The van der Waals surface area contributed by atoms with Crippen LogP contribution in [0.2, 0.25) is 0 Å². The molecule has 1 aromatic rings. The molecule has 0 saturated heterocycles. The third-order valence-corrected chi connectivity index (χ3v) is 1.62. The van der Waals surface area contributed by atoms with E-state index in [2.05, 4.69) is 9.98 Å². The van der Waals surface area contributed by atoms with Crippen LogP contribution in [0.5, 0.6) is 0 Å². The van der Waals surface area contributed by atoms with Gasteiger partial charge in [0.1, 0.15) is 0 Å². The molecule has 1 atom stereocenters. The summed E-state index contributed by atoms with van der Waals surface area (Å²) in [6, 6.07) is 7.19. The molecule has 0 fully saturated rings. The van der Waals surface area contributed by atoms with Crippen molar-refractivity contribution in [3.8, 4) is 0 Å². The van der Waals surface area contributed by atoms with E-state index in [0.29, 0.717) is 11.9 Å². The molecule has 0 bridgehead atoms.